The molecule has 1 aromatic carbocycles. The summed E-state index contributed by atoms with van der Waals surface area (Å²) < 4.78 is 0. The van der Waals surface area contributed by atoms with Gasteiger partial charge in [-0.3, -0.25) is 10.3 Å². The van der Waals surface area contributed by atoms with Crippen LogP contribution < -0.4 is 16.1 Å². The number of thiocarbonyl (C=S) groups is 1. The van der Waals surface area contributed by atoms with E-state index in [0.29, 0.717) is 6.54 Å². The number of hydrogen-bond donors (Lipinski definition) is 3. The van der Waals surface area contributed by atoms with Gasteiger partial charge in [-0.25, -0.2) is 0 Å². The van der Waals surface area contributed by atoms with E-state index < -0.39 is 0 Å². The molecule has 5 nitrogen and oxygen atoms in total. The Labute approximate surface area is 149 Å². The summed E-state index contributed by atoms with van der Waals surface area (Å²) in [5.74, 6) is 0. The highest BCUT2D eigenvalue weighted by atomic mass is 32.1. The minimum absolute atomic E-state index is 0.0269. The van der Waals surface area contributed by atoms with Crippen molar-refractivity contribution in [1.29, 1.82) is 0 Å². The van der Waals surface area contributed by atoms with Crippen LogP contribution in [0.15, 0.2) is 18.2 Å². The molecule has 1 aromatic rings. The zero-order chi connectivity index (χ0) is 17.1. The molecular formula is C18H26N4OS. The van der Waals surface area contributed by atoms with E-state index in [1.54, 1.807) is 0 Å². The van der Waals surface area contributed by atoms with Crippen LogP contribution in [0, 0.1) is 20.8 Å². The van der Waals surface area contributed by atoms with Crippen LogP contribution in [0.1, 0.15) is 22.3 Å². The van der Waals surface area contributed by atoms with Crippen LogP contribution in [0.2, 0.25) is 0 Å². The summed E-state index contributed by atoms with van der Waals surface area (Å²) in [4.78, 5) is 7.90. The number of aryl methyl sites for hydroxylation is 3. The quantitative estimate of drug-likeness (QED) is 0.724. The lowest BCUT2D eigenvalue weighted by Gasteiger charge is -2.30. The van der Waals surface area contributed by atoms with E-state index in [0.717, 1.165) is 37.0 Å². The molecule has 2 aliphatic heterocycles. The molecular weight excluding hydrogens is 320 g/mol. The third kappa shape index (κ3) is 3.88. The zero-order valence-corrected chi connectivity index (χ0v) is 15.4. The first kappa shape index (κ1) is 17.2. The van der Waals surface area contributed by atoms with Gasteiger partial charge in [0.2, 0.25) is 0 Å². The minimum atomic E-state index is -0.0269. The van der Waals surface area contributed by atoms with Crippen molar-refractivity contribution in [2.24, 2.45) is 0 Å². The van der Waals surface area contributed by atoms with E-state index in [4.69, 9.17) is 17.1 Å². The Morgan fingerprint density at radius 1 is 1.25 bits per heavy atom. The standard InChI is InChI=1S/C18H26N4OS/c1-12-8-13(2)17(14(3)9-12)16-10-15(23-21-16)11-20-18(24)22-6-4-19-5-7-22/h8-10,15,19,21H,4-7,11H2,1-3H3,(H,20,24). The number of rotatable bonds is 3. The van der Waals surface area contributed by atoms with Crippen molar-refractivity contribution < 1.29 is 4.84 Å². The van der Waals surface area contributed by atoms with E-state index in [-0.39, 0.29) is 6.10 Å². The van der Waals surface area contributed by atoms with Crippen LogP contribution in [0.4, 0.5) is 0 Å². The molecule has 1 atom stereocenters. The third-order valence-corrected chi connectivity index (χ3v) is 4.88. The Hall–Kier alpha value is -1.63. The second kappa shape index (κ2) is 7.51. The second-order valence-electron chi connectivity index (χ2n) is 6.54. The molecule has 0 aliphatic carbocycles. The normalized spacial score (nSPS) is 20.5. The second-order valence-corrected chi connectivity index (χ2v) is 6.92. The number of hydrogen-bond acceptors (Lipinski definition) is 4. The van der Waals surface area contributed by atoms with E-state index in [2.05, 4.69) is 60.0 Å². The molecule has 0 spiro atoms. The van der Waals surface area contributed by atoms with Crippen molar-refractivity contribution in [1.82, 2.24) is 21.0 Å². The lowest BCUT2D eigenvalue weighted by molar-refractivity contribution is 0.0538. The Balaban J connectivity index is 1.61. The van der Waals surface area contributed by atoms with Crippen molar-refractivity contribution >= 4 is 23.0 Å². The molecule has 1 unspecified atom stereocenters. The maximum Gasteiger partial charge on any atom is 0.169 e. The fraction of sp³-hybridized carbons (Fsp3) is 0.500. The van der Waals surface area contributed by atoms with Gasteiger partial charge in [0.15, 0.2) is 5.11 Å². The third-order valence-electron chi connectivity index (χ3n) is 4.48. The SMILES string of the molecule is Cc1cc(C)c(C2=CC(CNC(=S)N3CCNCC3)ON2)c(C)c1. The summed E-state index contributed by atoms with van der Waals surface area (Å²) in [6, 6.07) is 4.41. The van der Waals surface area contributed by atoms with Gasteiger partial charge in [-0.05, 0) is 50.2 Å². The number of nitrogens with one attached hydrogen (secondary N) is 3. The first-order valence-corrected chi connectivity index (χ1v) is 8.90. The van der Waals surface area contributed by atoms with Gasteiger partial charge in [-0.1, -0.05) is 17.7 Å². The Kier molecular flexibility index (Phi) is 5.38. The Bertz CT molecular complexity index is 629. The van der Waals surface area contributed by atoms with Crippen LogP contribution in [0.3, 0.4) is 0 Å². The van der Waals surface area contributed by atoms with Gasteiger partial charge in [-0.15, -0.1) is 0 Å². The summed E-state index contributed by atoms with van der Waals surface area (Å²) in [6.07, 6.45) is 2.11. The zero-order valence-electron chi connectivity index (χ0n) is 14.6. The van der Waals surface area contributed by atoms with E-state index >= 15 is 0 Å². The van der Waals surface area contributed by atoms with E-state index in [1.165, 1.54) is 22.3 Å². The van der Waals surface area contributed by atoms with Crippen LogP contribution >= 0.6 is 12.2 Å². The highest BCUT2D eigenvalue weighted by Gasteiger charge is 2.21. The van der Waals surface area contributed by atoms with Crippen molar-refractivity contribution in [3.63, 3.8) is 0 Å². The molecule has 130 valence electrons. The monoisotopic (exact) mass is 346 g/mol. The van der Waals surface area contributed by atoms with Gasteiger partial charge in [0, 0.05) is 38.3 Å². The average molecular weight is 347 g/mol. The van der Waals surface area contributed by atoms with Crippen molar-refractivity contribution in [2.75, 3.05) is 32.7 Å². The van der Waals surface area contributed by atoms with Crippen LogP contribution in [-0.2, 0) is 4.84 Å². The number of benzene rings is 1. The molecule has 1 fully saturated rings. The topological polar surface area (TPSA) is 48.6 Å². The molecule has 0 aromatic heterocycles. The summed E-state index contributed by atoms with van der Waals surface area (Å²) in [6.45, 7) is 11.0. The predicted molar refractivity (Wildman–Crippen MR) is 102 cm³/mol. The van der Waals surface area contributed by atoms with Crippen LogP contribution in [0.5, 0.6) is 0 Å². The molecule has 0 amide bonds. The van der Waals surface area contributed by atoms with Gasteiger partial charge in [0.25, 0.3) is 0 Å². The maximum absolute atomic E-state index is 5.70. The summed E-state index contributed by atoms with van der Waals surface area (Å²) >= 11 is 5.48. The predicted octanol–water partition coefficient (Wildman–Crippen LogP) is 1.64. The molecule has 24 heavy (non-hydrogen) atoms. The number of piperazine rings is 1. The summed E-state index contributed by atoms with van der Waals surface area (Å²) in [7, 11) is 0. The maximum atomic E-state index is 5.70. The van der Waals surface area contributed by atoms with Crippen molar-refractivity contribution in [3.8, 4) is 0 Å². The highest BCUT2D eigenvalue weighted by molar-refractivity contribution is 7.80. The average Bonchev–Trinajstić information content (AvgIpc) is 3.01. The molecule has 3 rings (SSSR count). The minimum Gasteiger partial charge on any atom is -0.360 e. The van der Waals surface area contributed by atoms with Crippen LogP contribution in [-0.4, -0.2) is 48.8 Å². The summed E-state index contributed by atoms with van der Waals surface area (Å²) in [5, 5.41) is 7.47. The smallest absolute Gasteiger partial charge is 0.169 e. The fourth-order valence-electron chi connectivity index (χ4n) is 3.40. The largest absolute Gasteiger partial charge is 0.360 e. The molecule has 2 heterocycles. The van der Waals surface area contributed by atoms with Crippen molar-refractivity contribution in [3.05, 3.63) is 40.5 Å². The molecule has 0 saturated carbocycles. The fourth-order valence-corrected chi connectivity index (χ4v) is 3.67. The highest BCUT2D eigenvalue weighted by Crippen LogP contribution is 2.26. The summed E-state index contributed by atoms with van der Waals surface area (Å²) in [5.41, 5.74) is 9.17. The lowest BCUT2D eigenvalue weighted by Crippen LogP contribution is -2.51. The Morgan fingerprint density at radius 3 is 2.58 bits per heavy atom. The van der Waals surface area contributed by atoms with Crippen molar-refractivity contribution in [2.45, 2.75) is 26.9 Å². The first-order chi connectivity index (χ1) is 11.5. The van der Waals surface area contributed by atoms with E-state index in [1.807, 2.05) is 0 Å². The lowest BCUT2D eigenvalue weighted by atomic mass is 9.97. The Morgan fingerprint density at radius 2 is 1.92 bits per heavy atom. The molecule has 0 bridgehead atoms. The first-order valence-electron chi connectivity index (χ1n) is 8.50. The molecule has 3 N–H and O–H groups in total. The van der Waals surface area contributed by atoms with Gasteiger partial charge < -0.3 is 15.5 Å². The number of nitrogens with zero attached hydrogens (tertiary/aromatic N) is 1. The molecule has 1 saturated heterocycles. The molecule has 0 radical (unpaired) electrons. The van der Waals surface area contributed by atoms with Gasteiger partial charge in [0.1, 0.15) is 6.10 Å². The van der Waals surface area contributed by atoms with E-state index in [9.17, 15) is 0 Å². The molecule has 2 aliphatic rings. The van der Waals surface area contributed by atoms with Crippen LogP contribution in [0.25, 0.3) is 5.70 Å². The van der Waals surface area contributed by atoms with Gasteiger partial charge in [-0.2, -0.15) is 0 Å². The molecule has 6 heteroatoms. The number of hydroxylamine groups is 1. The van der Waals surface area contributed by atoms with Gasteiger partial charge in [0.05, 0.1) is 5.70 Å². The van der Waals surface area contributed by atoms with Gasteiger partial charge >= 0.3 is 0 Å².